The van der Waals surface area contributed by atoms with Gasteiger partial charge in [-0.3, -0.25) is 4.74 Å². The van der Waals surface area contributed by atoms with E-state index >= 15 is 0 Å². The number of nitrogens with zero attached hydrogens (tertiary/aromatic N) is 1. The Labute approximate surface area is 263 Å². The van der Waals surface area contributed by atoms with E-state index in [4.69, 9.17) is 4.74 Å². The molecule has 1 aliphatic heterocycles. The van der Waals surface area contributed by atoms with Gasteiger partial charge in [0.05, 0.1) is 12.7 Å². The number of fused-ring (bicyclic) bond motifs is 5. The SMILES string of the molecule is c1ccc(N=P2(c3ccccc3)c3ccc(C4CCCCC4)cc3-c3ccccc3-c3cc(C4CCCCC4)ccc32)cc1. The summed E-state index contributed by atoms with van der Waals surface area (Å²) in [5, 5.41) is 4.11. The summed E-state index contributed by atoms with van der Waals surface area (Å²) in [7, 11) is -2.47. The van der Waals surface area contributed by atoms with Gasteiger partial charge in [0.2, 0.25) is 0 Å². The molecule has 0 unspecified atom stereocenters. The highest BCUT2D eigenvalue weighted by Crippen LogP contribution is 2.56. The first-order valence-corrected chi connectivity index (χ1v) is 18.7. The maximum absolute atomic E-state index is 5.94. The third-order valence-corrected chi connectivity index (χ3v) is 14.3. The van der Waals surface area contributed by atoms with E-state index in [0.29, 0.717) is 11.8 Å². The van der Waals surface area contributed by atoms with E-state index in [1.54, 1.807) is 0 Å². The van der Waals surface area contributed by atoms with Crippen LogP contribution >= 0.6 is 7.05 Å². The van der Waals surface area contributed by atoms with Crippen molar-refractivity contribution in [1.82, 2.24) is 0 Å². The van der Waals surface area contributed by atoms with Gasteiger partial charge in [-0.1, -0.05) is 148 Å². The smallest absolute Gasteiger partial charge is 0.0625 e. The van der Waals surface area contributed by atoms with Crippen LogP contribution in [0.25, 0.3) is 22.3 Å². The second kappa shape index (κ2) is 12.0. The normalized spacial score (nSPS) is 18.0. The molecule has 2 saturated carbocycles. The molecular weight excluding hydrogens is 549 g/mol. The van der Waals surface area contributed by atoms with Gasteiger partial charge >= 0.3 is 0 Å². The zero-order valence-electron chi connectivity index (χ0n) is 25.7. The van der Waals surface area contributed by atoms with Crippen molar-refractivity contribution in [3.05, 3.63) is 132 Å². The molecule has 44 heavy (non-hydrogen) atoms. The fraction of sp³-hybridized carbons (Fsp3) is 0.286. The lowest BCUT2D eigenvalue weighted by Gasteiger charge is -2.30. The fourth-order valence-electron chi connectivity index (χ4n) is 8.32. The Morgan fingerprint density at radius 3 is 1.39 bits per heavy atom. The molecule has 3 aliphatic rings. The Hall–Kier alpha value is -3.67. The van der Waals surface area contributed by atoms with E-state index in [-0.39, 0.29) is 0 Å². The summed E-state index contributed by atoms with van der Waals surface area (Å²) in [6.07, 6.45) is 13.4. The lowest BCUT2D eigenvalue weighted by atomic mass is 9.82. The average Bonchev–Trinajstić information content (AvgIpc) is 3.21. The first-order valence-electron chi connectivity index (χ1n) is 16.9. The molecule has 0 N–H and O–H groups in total. The lowest BCUT2D eigenvalue weighted by molar-refractivity contribution is 0.444. The largest absolute Gasteiger partial charge is 0.254 e. The summed E-state index contributed by atoms with van der Waals surface area (Å²) < 4.78 is 5.94. The van der Waals surface area contributed by atoms with E-state index in [1.165, 1.54) is 114 Å². The molecule has 220 valence electrons. The zero-order chi connectivity index (χ0) is 29.3. The molecule has 0 atom stereocenters. The van der Waals surface area contributed by atoms with Crippen molar-refractivity contribution in [3.8, 4) is 22.3 Å². The van der Waals surface area contributed by atoms with Crippen LogP contribution in [0.2, 0.25) is 0 Å². The summed E-state index contributed by atoms with van der Waals surface area (Å²) in [6.45, 7) is 0. The summed E-state index contributed by atoms with van der Waals surface area (Å²) in [5.41, 5.74) is 9.58. The minimum atomic E-state index is -2.47. The predicted molar refractivity (Wildman–Crippen MR) is 190 cm³/mol. The molecule has 5 aromatic carbocycles. The van der Waals surface area contributed by atoms with Gasteiger partial charge in [-0.25, -0.2) is 0 Å². The van der Waals surface area contributed by atoms with Gasteiger partial charge in [-0.2, -0.15) is 0 Å². The second-order valence-corrected chi connectivity index (χ2v) is 16.1. The van der Waals surface area contributed by atoms with E-state index in [9.17, 15) is 0 Å². The topological polar surface area (TPSA) is 12.4 Å². The van der Waals surface area contributed by atoms with Crippen LogP contribution in [0.3, 0.4) is 0 Å². The lowest BCUT2D eigenvalue weighted by Crippen LogP contribution is -2.27. The van der Waals surface area contributed by atoms with Crippen LogP contribution in [0.5, 0.6) is 0 Å². The number of rotatable bonds is 4. The van der Waals surface area contributed by atoms with Crippen LogP contribution in [0.15, 0.2) is 126 Å². The molecule has 0 amide bonds. The molecule has 2 fully saturated rings. The molecule has 0 bridgehead atoms. The van der Waals surface area contributed by atoms with Gasteiger partial charge in [0.1, 0.15) is 0 Å². The maximum Gasteiger partial charge on any atom is 0.0625 e. The predicted octanol–water partition coefficient (Wildman–Crippen LogP) is 11.2. The number of hydrogen-bond acceptors (Lipinski definition) is 1. The van der Waals surface area contributed by atoms with Crippen molar-refractivity contribution in [3.63, 3.8) is 0 Å². The summed E-state index contributed by atoms with van der Waals surface area (Å²) in [5.74, 6) is 1.31. The molecule has 0 radical (unpaired) electrons. The van der Waals surface area contributed by atoms with E-state index in [2.05, 4.69) is 121 Å². The Kier molecular flexibility index (Phi) is 7.61. The maximum atomic E-state index is 5.94. The molecule has 2 aliphatic carbocycles. The first kappa shape index (κ1) is 27.8. The first-order chi connectivity index (χ1) is 21.8. The van der Waals surface area contributed by atoms with Gasteiger partial charge in [0.15, 0.2) is 0 Å². The van der Waals surface area contributed by atoms with Crippen LogP contribution in [-0.4, -0.2) is 0 Å². The quantitative estimate of drug-likeness (QED) is 0.181. The van der Waals surface area contributed by atoms with Crippen LogP contribution in [0.1, 0.15) is 87.2 Å². The fourth-order valence-corrected chi connectivity index (χ4v) is 12.2. The highest BCUT2D eigenvalue weighted by molar-refractivity contribution is 7.88. The molecule has 1 nitrogen and oxygen atoms in total. The van der Waals surface area contributed by atoms with Gasteiger partial charge < -0.3 is 0 Å². The Bertz CT molecular complexity index is 1730. The van der Waals surface area contributed by atoms with Crippen molar-refractivity contribution in [2.24, 2.45) is 4.74 Å². The van der Waals surface area contributed by atoms with Gasteiger partial charge in [0, 0.05) is 15.9 Å². The molecule has 0 aromatic heterocycles. The summed E-state index contributed by atoms with van der Waals surface area (Å²) in [6, 6.07) is 46.3. The molecule has 0 spiro atoms. The van der Waals surface area contributed by atoms with Gasteiger partial charge in [0.25, 0.3) is 0 Å². The Morgan fingerprint density at radius 1 is 0.432 bits per heavy atom. The van der Waals surface area contributed by atoms with Crippen molar-refractivity contribution < 1.29 is 0 Å². The highest BCUT2D eigenvalue weighted by Gasteiger charge is 2.37. The van der Waals surface area contributed by atoms with E-state index in [1.807, 2.05) is 0 Å². The minimum Gasteiger partial charge on any atom is -0.254 e. The minimum absolute atomic E-state index is 0.653. The third kappa shape index (κ3) is 4.91. The molecule has 1 heterocycles. The standard InChI is InChI=1S/C42H42NP/c1-5-15-31(16-6-1)33-25-27-41-39(29-33)37-23-13-14-24-38(37)40-30-34(32-17-7-2-8-18-32)26-28-42(40)44(41,36-21-11-4-12-22-36)43-35-19-9-3-10-20-35/h3-4,9-14,19-32H,1-2,5-8,15-18H2. The van der Waals surface area contributed by atoms with Crippen molar-refractivity contribution in [2.75, 3.05) is 0 Å². The van der Waals surface area contributed by atoms with Crippen LogP contribution in [0.4, 0.5) is 5.69 Å². The summed E-state index contributed by atoms with van der Waals surface area (Å²) >= 11 is 0. The molecule has 0 saturated heterocycles. The van der Waals surface area contributed by atoms with Crippen molar-refractivity contribution in [1.29, 1.82) is 0 Å². The Morgan fingerprint density at radius 2 is 0.886 bits per heavy atom. The zero-order valence-corrected chi connectivity index (χ0v) is 26.6. The molecule has 8 rings (SSSR count). The van der Waals surface area contributed by atoms with Gasteiger partial charge in [-0.05, 0) is 83.0 Å². The molecule has 2 heteroatoms. The third-order valence-electron chi connectivity index (χ3n) is 10.6. The second-order valence-electron chi connectivity index (χ2n) is 13.2. The highest BCUT2D eigenvalue weighted by atomic mass is 31.2. The summed E-state index contributed by atoms with van der Waals surface area (Å²) in [4.78, 5) is 0. The van der Waals surface area contributed by atoms with Gasteiger partial charge in [-0.15, -0.1) is 0 Å². The monoisotopic (exact) mass is 591 g/mol. The van der Waals surface area contributed by atoms with Crippen molar-refractivity contribution >= 4 is 28.7 Å². The average molecular weight is 592 g/mol. The Balaban J connectivity index is 1.49. The van der Waals surface area contributed by atoms with E-state index < -0.39 is 7.05 Å². The van der Waals surface area contributed by atoms with E-state index in [0.717, 1.165) is 5.69 Å². The number of benzene rings is 5. The molecule has 5 aromatic rings. The molecular formula is C42H42NP. The van der Waals surface area contributed by atoms with Crippen molar-refractivity contribution in [2.45, 2.75) is 76.0 Å². The van der Waals surface area contributed by atoms with Crippen LogP contribution in [-0.2, 0) is 0 Å². The van der Waals surface area contributed by atoms with Crippen LogP contribution in [0, 0.1) is 0 Å². The van der Waals surface area contributed by atoms with Crippen LogP contribution < -0.4 is 15.9 Å². The number of hydrogen-bond donors (Lipinski definition) is 0.